The average Bonchev–Trinajstić information content (AvgIpc) is 1.77. The standard InChI is InChI=1S/C64H85FN14O11/c1-5-69-60(87)53-18-12-32-79(53)63(90)49(17-11-31-71-64(66)67)75-58(85)50(33-39(2)3)76-57(84)48(16-8-9-30-70-56(83)42-13-10-29-68-36-42)74-61(88)54(34-41-21-26-45(81)27-22-41)78(4)62(89)52(38-80)77-59(86)51(35-43-37-72-47-15-7-6-14-46(43)47)73-55(82)28-23-40-19-24-44(65)25-20-40/h6-7,10,13-15,19-22,24-27,29,36-37,39,48-54,72,80-81H,5,8-9,11-12,16-18,23,28,30-35,38H2,1-4H3,(H,69,87)(H,70,83)(H,73,82)(H,74,88)(H,75,85)(H,76,84)(H,77,86)(H4,66,67,71)/t48-,49+,50+,51+,52+,53-,54+/m1/s1. The SMILES string of the molecule is CCNC(=O)[C@H]1CCCN1C(=O)[C@H](CCCN=C(N)N)NC(=O)[C@H](CC(C)C)NC(=O)[C@@H](CCCCNC(=O)c1cccnc1)NC(=O)[C@H](Cc1ccc(O)cc1)N(C)C(=O)[C@H](CO)NC(=O)[C@H](Cc1c[nH]c2ccccc12)NC(=O)CCc1ccc(F)cc1. The average molecular weight is 1250 g/mol. The highest BCUT2D eigenvalue weighted by Gasteiger charge is 2.40. The number of carbonyl (C=O) groups is 9. The zero-order valence-corrected chi connectivity index (χ0v) is 51.3. The number of unbranched alkanes of at least 4 members (excludes halogenated alkanes) is 1. The molecule has 9 amide bonds. The van der Waals surface area contributed by atoms with Crippen LogP contribution < -0.4 is 48.7 Å². The molecule has 2 aromatic heterocycles. The van der Waals surface area contributed by atoms with Crippen molar-refractivity contribution in [2.75, 3.05) is 39.8 Å². The summed E-state index contributed by atoms with van der Waals surface area (Å²) in [5, 5.41) is 41.2. The van der Waals surface area contributed by atoms with Crippen LogP contribution in [0, 0.1) is 11.7 Å². The Hall–Kier alpha value is -9.46. The summed E-state index contributed by atoms with van der Waals surface area (Å²) in [4.78, 5) is 141. The fourth-order valence-electron chi connectivity index (χ4n) is 10.6. The number of nitrogens with two attached hydrogens (primary N) is 2. The number of hydrogen-bond donors (Lipinski definition) is 12. The summed E-state index contributed by atoms with van der Waals surface area (Å²) in [6.07, 6.45) is 6.31. The second kappa shape index (κ2) is 34.9. The first-order valence-corrected chi connectivity index (χ1v) is 30.4. The number of likely N-dealkylation sites (N-methyl/N-ethyl adjacent to an activating group) is 2. The number of aromatic nitrogens is 2. The summed E-state index contributed by atoms with van der Waals surface area (Å²) in [5.74, 6) is -6.86. The number of phenolic OH excluding ortho intramolecular Hbond substituents is 1. The van der Waals surface area contributed by atoms with Crippen LogP contribution >= 0.6 is 0 Å². The lowest BCUT2D eigenvalue weighted by Gasteiger charge is -2.32. The number of nitrogens with one attached hydrogen (secondary N) is 8. The van der Waals surface area contributed by atoms with Crippen molar-refractivity contribution in [2.24, 2.45) is 22.4 Å². The monoisotopic (exact) mass is 1240 g/mol. The number of aliphatic imine (C=N–C) groups is 1. The molecule has 1 fully saturated rings. The summed E-state index contributed by atoms with van der Waals surface area (Å²) in [5.41, 5.74) is 14.0. The van der Waals surface area contributed by atoms with Crippen molar-refractivity contribution in [3.63, 3.8) is 0 Å². The molecule has 3 heterocycles. The smallest absolute Gasteiger partial charge is 0.252 e. The molecule has 0 bridgehead atoms. The molecule has 26 heteroatoms. The van der Waals surface area contributed by atoms with Gasteiger partial charge in [0.1, 0.15) is 53.9 Å². The van der Waals surface area contributed by atoms with Crippen LogP contribution in [0.3, 0.4) is 0 Å². The third kappa shape index (κ3) is 21.1. The van der Waals surface area contributed by atoms with Crippen LogP contribution in [-0.2, 0) is 57.6 Å². The number of aryl methyl sites for hydroxylation is 1. The van der Waals surface area contributed by atoms with Gasteiger partial charge in [0.25, 0.3) is 5.91 Å². The molecule has 6 rings (SSSR count). The van der Waals surface area contributed by atoms with Gasteiger partial charge in [0.05, 0.1) is 12.2 Å². The van der Waals surface area contributed by atoms with Gasteiger partial charge in [-0.3, -0.25) is 53.1 Å². The van der Waals surface area contributed by atoms with Crippen molar-refractivity contribution in [3.8, 4) is 5.75 Å². The van der Waals surface area contributed by atoms with E-state index in [4.69, 9.17) is 11.5 Å². The molecule has 0 spiro atoms. The maximum absolute atomic E-state index is 15.1. The maximum atomic E-state index is 15.1. The van der Waals surface area contributed by atoms with E-state index in [9.17, 15) is 53.0 Å². The van der Waals surface area contributed by atoms with Crippen LogP contribution in [0.5, 0.6) is 5.75 Å². The van der Waals surface area contributed by atoms with Crippen molar-refractivity contribution in [1.82, 2.24) is 57.0 Å². The molecular weight excluding hydrogens is 1160 g/mol. The van der Waals surface area contributed by atoms with Crippen molar-refractivity contribution < 1.29 is 57.8 Å². The van der Waals surface area contributed by atoms with E-state index in [1.54, 1.807) is 37.4 Å². The first-order valence-electron chi connectivity index (χ1n) is 30.4. The Morgan fingerprint density at radius 3 is 2.12 bits per heavy atom. The molecule has 14 N–H and O–H groups in total. The Labute approximate surface area is 522 Å². The van der Waals surface area contributed by atoms with Crippen LogP contribution in [0.2, 0.25) is 0 Å². The number of hydrogen-bond acceptors (Lipinski definition) is 13. The zero-order chi connectivity index (χ0) is 65.3. The van der Waals surface area contributed by atoms with E-state index in [1.807, 2.05) is 38.1 Å². The number of aromatic amines is 1. The topological polar surface area (TPSA) is 378 Å². The lowest BCUT2D eigenvalue weighted by atomic mass is 9.99. The fourth-order valence-corrected chi connectivity index (χ4v) is 10.6. The predicted molar refractivity (Wildman–Crippen MR) is 335 cm³/mol. The van der Waals surface area contributed by atoms with Gasteiger partial charge in [-0.15, -0.1) is 0 Å². The first kappa shape index (κ1) is 69.6. The molecule has 1 aliphatic heterocycles. The second-order valence-electron chi connectivity index (χ2n) is 22.7. The van der Waals surface area contributed by atoms with Gasteiger partial charge in [0.15, 0.2) is 5.96 Å². The minimum atomic E-state index is -1.69. The van der Waals surface area contributed by atoms with Gasteiger partial charge < -0.3 is 73.7 Å². The molecule has 0 saturated carbocycles. The molecule has 25 nitrogen and oxygen atoms in total. The molecule has 1 aliphatic rings. The molecule has 90 heavy (non-hydrogen) atoms. The number of likely N-dealkylation sites (tertiary alicyclic amines) is 1. The number of aromatic hydroxyl groups is 1. The summed E-state index contributed by atoms with van der Waals surface area (Å²) in [7, 11) is 1.28. The number of halogens is 1. The lowest BCUT2D eigenvalue weighted by molar-refractivity contribution is -0.144. The van der Waals surface area contributed by atoms with Crippen molar-refractivity contribution in [1.29, 1.82) is 0 Å². The molecule has 0 aliphatic carbocycles. The van der Waals surface area contributed by atoms with E-state index in [1.165, 1.54) is 60.7 Å². The third-order valence-electron chi connectivity index (χ3n) is 15.4. The van der Waals surface area contributed by atoms with Gasteiger partial charge in [-0.2, -0.15) is 0 Å². The second-order valence-corrected chi connectivity index (χ2v) is 22.7. The number of amides is 9. The minimum absolute atomic E-state index is 0.0517. The molecule has 0 unspecified atom stereocenters. The number of para-hydroxylation sites is 1. The number of guanidine groups is 1. The Balaban J connectivity index is 1.26. The number of fused-ring (bicyclic) bond motifs is 1. The van der Waals surface area contributed by atoms with E-state index in [0.717, 1.165) is 15.8 Å². The highest BCUT2D eigenvalue weighted by molar-refractivity contribution is 5.98. The Bertz CT molecular complexity index is 3250. The van der Waals surface area contributed by atoms with Crippen LogP contribution in [0.15, 0.2) is 109 Å². The lowest BCUT2D eigenvalue weighted by Crippen LogP contribution is -2.61. The molecule has 5 aromatic rings. The normalized spacial score (nSPS) is 14.8. The van der Waals surface area contributed by atoms with E-state index in [0.29, 0.717) is 48.1 Å². The predicted octanol–water partition coefficient (Wildman–Crippen LogP) is 1.90. The van der Waals surface area contributed by atoms with Crippen LogP contribution in [0.1, 0.15) is 106 Å². The van der Waals surface area contributed by atoms with Crippen molar-refractivity contribution in [2.45, 2.75) is 140 Å². The van der Waals surface area contributed by atoms with Crippen LogP contribution in [-0.4, -0.2) is 171 Å². The molecule has 7 atom stereocenters. The Morgan fingerprint density at radius 2 is 1.43 bits per heavy atom. The number of rotatable bonds is 34. The highest BCUT2D eigenvalue weighted by atomic mass is 19.1. The van der Waals surface area contributed by atoms with Gasteiger partial charge in [-0.1, -0.05) is 56.3 Å². The zero-order valence-electron chi connectivity index (χ0n) is 51.3. The van der Waals surface area contributed by atoms with Crippen LogP contribution in [0.25, 0.3) is 10.9 Å². The Kier molecular flexibility index (Phi) is 27.0. The van der Waals surface area contributed by atoms with Gasteiger partial charge >= 0.3 is 0 Å². The van der Waals surface area contributed by atoms with Crippen molar-refractivity contribution >= 4 is 70.0 Å². The number of phenols is 1. The van der Waals surface area contributed by atoms with Gasteiger partial charge in [0.2, 0.25) is 47.3 Å². The number of H-pyrrole nitrogens is 1. The van der Waals surface area contributed by atoms with E-state index >= 15 is 4.79 Å². The molecule has 3 aromatic carbocycles. The quantitative estimate of drug-likeness (QED) is 0.0159. The minimum Gasteiger partial charge on any atom is -0.508 e. The van der Waals surface area contributed by atoms with Gasteiger partial charge in [0, 0.05) is 82.0 Å². The first-order chi connectivity index (χ1) is 43.1. The number of aliphatic hydroxyl groups excluding tert-OH is 1. The maximum Gasteiger partial charge on any atom is 0.252 e. The van der Waals surface area contributed by atoms with Crippen molar-refractivity contribution in [3.05, 3.63) is 132 Å². The van der Waals surface area contributed by atoms with Gasteiger partial charge in [-0.25, -0.2) is 4.39 Å². The number of pyridine rings is 1. The van der Waals surface area contributed by atoms with E-state index < -0.39 is 96.1 Å². The molecular formula is C64H85FN14O11. The molecule has 0 radical (unpaired) electrons. The summed E-state index contributed by atoms with van der Waals surface area (Å²) in [6.45, 7) is 5.34. The fraction of sp³-hybridized carbons (Fsp3) is 0.453. The van der Waals surface area contributed by atoms with Crippen LogP contribution in [0.4, 0.5) is 4.39 Å². The number of carbonyl (C=O) groups excluding carboxylic acids is 9. The number of aliphatic hydroxyl groups is 1. The molecule has 484 valence electrons. The van der Waals surface area contributed by atoms with Gasteiger partial charge in [-0.05, 0) is 130 Å². The van der Waals surface area contributed by atoms with E-state index in [2.05, 4.69) is 52.2 Å². The third-order valence-corrected chi connectivity index (χ3v) is 15.4. The number of nitrogens with zero attached hydrogens (tertiary/aromatic N) is 4. The summed E-state index contributed by atoms with van der Waals surface area (Å²) >= 11 is 0. The summed E-state index contributed by atoms with van der Waals surface area (Å²) in [6, 6.07) is 12.9. The molecule has 1 saturated heterocycles. The summed E-state index contributed by atoms with van der Waals surface area (Å²) < 4.78 is 13.7. The Morgan fingerprint density at radius 1 is 0.767 bits per heavy atom. The largest absolute Gasteiger partial charge is 0.508 e. The van der Waals surface area contributed by atoms with E-state index in [-0.39, 0.29) is 107 Å². The highest BCUT2D eigenvalue weighted by Crippen LogP contribution is 2.23. The number of benzene rings is 3.